The van der Waals surface area contributed by atoms with E-state index in [-0.39, 0.29) is 0 Å². The molecule has 6 heteroatoms. The van der Waals surface area contributed by atoms with Crippen molar-refractivity contribution in [2.24, 2.45) is 5.84 Å². The van der Waals surface area contributed by atoms with Crippen molar-refractivity contribution in [3.8, 4) is 0 Å². The van der Waals surface area contributed by atoms with E-state index in [1.165, 1.54) is 22.6 Å². The summed E-state index contributed by atoms with van der Waals surface area (Å²) in [5.74, 6) is 5.30. The van der Waals surface area contributed by atoms with Crippen LogP contribution in [0.25, 0.3) is 0 Å². The van der Waals surface area contributed by atoms with Crippen LogP contribution in [0.15, 0.2) is 24.3 Å². The highest BCUT2D eigenvalue weighted by atomic mass is 32.1. The highest BCUT2D eigenvalue weighted by Gasteiger charge is 2.09. The van der Waals surface area contributed by atoms with Crippen LogP contribution in [0.2, 0.25) is 0 Å². The zero-order chi connectivity index (χ0) is 13.0. The molecule has 0 atom stereocenters. The van der Waals surface area contributed by atoms with Crippen molar-refractivity contribution in [3.05, 3.63) is 34.8 Å². The van der Waals surface area contributed by atoms with Crippen LogP contribution in [-0.4, -0.2) is 16.7 Å². The third kappa shape index (κ3) is 2.96. The Balaban J connectivity index is 2.14. The molecule has 1 aromatic carbocycles. The van der Waals surface area contributed by atoms with Gasteiger partial charge in [0.25, 0.3) is 0 Å². The van der Waals surface area contributed by atoms with Gasteiger partial charge in [-0.2, -0.15) is 0 Å². The van der Waals surface area contributed by atoms with E-state index in [2.05, 4.69) is 58.6 Å². The van der Waals surface area contributed by atoms with Crippen molar-refractivity contribution in [1.82, 2.24) is 10.2 Å². The number of hydrazine groups is 1. The molecule has 0 bridgehead atoms. The molecule has 3 N–H and O–H groups in total. The minimum Gasteiger partial charge on any atom is -0.365 e. The summed E-state index contributed by atoms with van der Waals surface area (Å²) in [4.78, 5) is 2.26. The van der Waals surface area contributed by atoms with Crippen LogP contribution in [-0.2, 0) is 6.54 Å². The Bertz CT molecular complexity index is 511. The van der Waals surface area contributed by atoms with Crippen LogP contribution in [0.4, 0.5) is 10.8 Å². The minimum absolute atomic E-state index is 0.644. The maximum atomic E-state index is 5.30. The molecule has 0 saturated carbocycles. The molecule has 96 valence electrons. The van der Waals surface area contributed by atoms with Crippen molar-refractivity contribution >= 4 is 22.2 Å². The molecule has 0 amide bonds. The monoisotopic (exact) mass is 263 g/mol. The molecule has 1 heterocycles. The van der Waals surface area contributed by atoms with E-state index in [9.17, 15) is 0 Å². The van der Waals surface area contributed by atoms with Gasteiger partial charge < -0.3 is 4.90 Å². The van der Waals surface area contributed by atoms with E-state index in [4.69, 9.17) is 5.84 Å². The summed E-state index contributed by atoms with van der Waals surface area (Å²) < 4.78 is 0. The second-order valence-electron chi connectivity index (χ2n) is 4.00. The first kappa shape index (κ1) is 12.8. The molecule has 1 aromatic heterocycles. The highest BCUT2D eigenvalue weighted by Crippen LogP contribution is 2.21. The smallest absolute Gasteiger partial charge is 0.219 e. The van der Waals surface area contributed by atoms with E-state index in [1.807, 2.05) is 0 Å². The standard InChI is InChI=1S/C12H17N5S/c1-3-17(10-6-4-5-9(2)7-10)8-11-15-16-12(14-13)18-11/h4-7H,3,8,13H2,1-2H3,(H,14,16). The quantitative estimate of drug-likeness (QED) is 0.639. The summed E-state index contributed by atoms with van der Waals surface area (Å²) in [5, 5.41) is 9.64. The molecule has 0 radical (unpaired) electrons. The SMILES string of the molecule is CCN(Cc1nnc(NN)s1)c1cccc(C)c1. The number of nitrogens with zero attached hydrogens (tertiary/aromatic N) is 3. The number of benzene rings is 1. The van der Waals surface area contributed by atoms with Crippen molar-refractivity contribution in [2.75, 3.05) is 16.9 Å². The summed E-state index contributed by atoms with van der Waals surface area (Å²) in [5.41, 5.74) is 4.97. The number of rotatable bonds is 5. The van der Waals surface area contributed by atoms with Crippen molar-refractivity contribution in [1.29, 1.82) is 0 Å². The molecule has 0 aliphatic heterocycles. The van der Waals surface area contributed by atoms with Gasteiger partial charge in [-0.25, -0.2) is 5.84 Å². The van der Waals surface area contributed by atoms with Gasteiger partial charge in [-0.1, -0.05) is 23.5 Å². The normalized spacial score (nSPS) is 10.4. The molecule has 5 nitrogen and oxygen atoms in total. The number of hydrogen-bond donors (Lipinski definition) is 2. The van der Waals surface area contributed by atoms with Gasteiger partial charge in [-0.15, -0.1) is 10.2 Å². The Hall–Kier alpha value is -1.66. The predicted octanol–water partition coefficient (Wildman–Crippen LogP) is 2.16. The first-order chi connectivity index (χ1) is 8.72. The Morgan fingerprint density at radius 1 is 1.39 bits per heavy atom. The van der Waals surface area contributed by atoms with Gasteiger partial charge in [0.2, 0.25) is 5.13 Å². The molecule has 2 aromatic rings. The van der Waals surface area contributed by atoms with Crippen LogP contribution < -0.4 is 16.2 Å². The molecule has 0 unspecified atom stereocenters. The number of aryl methyl sites for hydroxylation is 1. The lowest BCUT2D eigenvalue weighted by Gasteiger charge is -2.21. The molecular weight excluding hydrogens is 246 g/mol. The van der Waals surface area contributed by atoms with E-state index in [0.29, 0.717) is 5.13 Å². The maximum absolute atomic E-state index is 5.30. The molecule has 0 fully saturated rings. The Morgan fingerprint density at radius 3 is 2.83 bits per heavy atom. The number of aromatic nitrogens is 2. The van der Waals surface area contributed by atoms with Crippen LogP contribution >= 0.6 is 11.3 Å². The topological polar surface area (TPSA) is 67.1 Å². The van der Waals surface area contributed by atoms with Gasteiger partial charge >= 0.3 is 0 Å². The molecule has 0 aliphatic rings. The van der Waals surface area contributed by atoms with Crippen LogP contribution in [0.3, 0.4) is 0 Å². The number of nitrogens with one attached hydrogen (secondary N) is 1. The van der Waals surface area contributed by atoms with E-state index < -0.39 is 0 Å². The largest absolute Gasteiger partial charge is 0.365 e. The molecular formula is C12H17N5S. The fourth-order valence-corrected chi connectivity index (χ4v) is 2.42. The maximum Gasteiger partial charge on any atom is 0.219 e. The Morgan fingerprint density at radius 2 is 2.22 bits per heavy atom. The lowest BCUT2D eigenvalue weighted by atomic mass is 10.2. The number of nitrogen functional groups attached to an aromatic ring is 1. The average Bonchev–Trinajstić information content (AvgIpc) is 2.83. The zero-order valence-corrected chi connectivity index (χ0v) is 11.4. The van der Waals surface area contributed by atoms with Crippen molar-refractivity contribution in [2.45, 2.75) is 20.4 Å². The van der Waals surface area contributed by atoms with Crippen LogP contribution in [0.1, 0.15) is 17.5 Å². The lowest BCUT2D eigenvalue weighted by molar-refractivity contribution is 0.811. The average molecular weight is 263 g/mol. The summed E-state index contributed by atoms with van der Waals surface area (Å²) in [6, 6.07) is 8.45. The van der Waals surface area contributed by atoms with Gasteiger partial charge in [-0.05, 0) is 31.5 Å². The zero-order valence-electron chi connectivity index (χ0n) is 10.6. The van der Waals surface area contributed by atoms with Crippen molar-refractivity contribution in [3.63, 3.8) is 0 Å². The highest BCUT2D eigenvalue weighted by molar-refractivity contribution is 7.15. The molecule has 0 aliphatic carbocycles. The summed E-state index contributed by atoms with van der Waals surface area (Å²) >= 11 is 1.48. The van der Waals surface area contributed by atoms with Crippen LogP contribution in [0.5, 0.6) is 0 Å². The first-order valence-corrected chi connectivity index (χ1v) is 6.65. The fraction of sp³-hybridized carbons (Fsp3) is 0.333. The first-order valence-electron chi connectivity index (χ1n) is 5.83. The number of anilines is 2. The second-order valence-corrected chi connectivity index (χ2v) is 5.06. The number of nitrogens with two attached hydrogens (primary N) is 1. The minimum atomic E-state index is 0.644. The predicted molar refractivity (Wildman–Crippen MR) is 75.6 cm³/mol. The van der Waals surface area contributed by atoms with Gasteiger partial charge in [0.1, 0.15) is 5.01 Å². The molecule has 18 heavy (non-hydrogen) atoms. The fourth-order valence-electron chi connectivity index (χ4n) is 1.75. The Kier molecular flexibility index (Phi) is 4.11. The lowest BCUT2D eigenvalue weighted by Crippen LogP contribution is -2.21. The summed E-state index contributed by atoms with van der Waals surface area (Å²) in [6.45, 7) is 5.90. The van der Waals surface area contributed by atoms with E-state index >= 15 is 0 Å². The van der Waals surface area contributed by atoms with Gasteiger partial charge in [0, 0.05) is 12.2 Å². The van der Waals surface area contributed by atoms with Crippen LogP contribution in [0, 0.1) is 6.92 Å². The van der Waals surface area contributed by atoms with Gasteiger partial charge in [0.15, 0.2) is 0 Å². The summed E-state index contributed by atoms with van der Waals surface area (Å²) in [7, 11) is 0. The molecule has 0 spiro atoms. The Labute approximate surface area is 111 Å². The van der Waals surface area contributed by atoms with Crippen molar-refractivity contribution < 1.29 is 0 Å². The molecule has 0 saturated heterocycles. The number of hydrogen-bond acceptors (Lipinski definition) is 6. The second kappa shape index (κ2) is 5.79. The van der Waals surface area contributed by atoms with E-state index in [0.717, 1.165) is 18.1 Å². The van der Waals surface area contributed by atoms with E-state index in [1.54, 1.807) is 0 Å². The summed E-state index contributed by atoms with van der Waals surface area (Å²) in [6.07, 6.45) is 0. The third-order valence-electron chi connectivity index (χ3n) is 2.66. The van der Waals surface area contributed by atoms with Gasteiger partial charge in [0.05, 0.1) is 6.54 Å². The molecule has 2 rings (SSSR count). The van der Waals surface area contributed by atoms with Gasteiger partial charge in [-0.3, -0.25) is 5.43 Å². The third-order valence-corrected chi connectivity index (χ3v) is 3.50.